The third-order valence-corrected chi connectivity index (χ3v) is 3.83. The van der Waals surface area contributed by atoms with Crippen LogP contribution in [0.1, 0.15) is 10.5 Å². The molecule has 0 saturated carbocycles. The first-order chi connectivity index (χ1) is 8.99. The van der Waals surface area contributed by atoms with E-state index in [1.165, 1.54) is 0 Å². The maximum atomic E-state index is 11.8. The minimum atomic E-state index is -3.71. The number of H-pyrrole nitrogens is 1. The van der Waals surface area contributed by atoms with Gasteiger partial charge in [-0.2, -0.15) is 5.10 Å². The first-order valence-corrected chi connectivity index (χ1v) is 6.86. The van der Waals surface area contributed by atoms with Gasteiger partial charge in [-0.15, -0.1) is 0 Å². The van der Waals surface area contributed by atoms with Crippen LogP contribution < -0.4 is 4.72 Å². The highest BCUT2D eigenvalue weighted by Crippen LogP contribution is 2.10. The van der Waals surface area contributed by atoms with Crippen molar-refractivity contribution in [2.45, 2.75) is 11.4 Å². The lowest BCUT2D eigenvalue weighted by Gasteiger charge is -2.04. The zero-order valence-electron chi connectivity index (χ0n) is 9.78. The van der Waals surface area contributed by atoms with Crippen LogP contribution in [0.25, 0.3) is 0 Å². The van der Waals surface area contributed by atoms with Crippen molar-refractivity contribution in [3.05, 3.63) is 36.4 Å². The standard InChI is InChI=1S/C10H12N4O4S/c15-10(16)9-6-8(7-11-9)19(17,18)13-3-5-14-4-1-2-12-14/h1-2,4,6-7,11,13H,3,5H2,(H,15,16). The molecule has 8 nitrogen and oxygen atoms in total. The summed E-state index contributed by atoms with van der Waals surface area (Å²) in [4.78, 5) is 12.9. The van der Waals surface area contributed by atoms with E-state index in [0.29, 0.717) is 6.54 Å². The van der Waals surface area contributed by atoms with E-state index in [0.717, 1.165) is 12.3 Å². The maximum Gasteiger partial charge on any atom is 0.352 e. The van der Waals surface area contributed by atoms with E-state index in [9.17, 15) is 13.2 Å². The van der Waals surface area contributed by atoms with Crippen LogP contribution in [0.15, 0.2) is 35.6 Å². The van der Waals surface area contributed by atoms with Crippen LogP contribution in [-0.4, -0.2) is 40.8 Å². The molecule has 0 saturated heterocycles. The number of aromatic amines is 1. The highest BCUT2D eigenvalue weighted by molar-refractivity contribution is 7.89. The van der Waals surface area contributed by atoms with Crippen LogP contribution in [0.3, 0.4) is 0 Å². The number of hydrogen-bond donors (Lipinski definition) is 3. The van der Waals surface area contributed by atoms with Gasteiger partial charge in [0.25, 0.3) is 0 Å². The normalized spacial score (nSPS) is 11.6. The molecule has 0 aliphatic heterocycles. The second kappa shape index (κ2) is 5.24. The van der Waals surface area contributed by atoms with Gasteiger partial charge in [0, 0.05) is 25.1 Å². The summed E-state index contributed by atoms with van der Waals surface area (Å²) in [5.74, 6) is -1.21. The van der Waals surface area contributed by atoms with E-state index < -0.39 is 16.0 Å². The molecule has 3 N–H and O–H groups in total. The number of sulfonamides is 1. The number of hydrogen-bond acceptors (Lipinski definition) is 4. The van der Waals surface area contributed by atoms with Crippen molar-refractivity contribution in [3.8, 4) is 0 Å². The number of nitrogens with one attached hydrogen (secondary N) is 2. The number of aromatic carboxylic acids is 1. The highest BCUT2D eigenvalue weighted by Gasteiger charge is 2.17. The Kier molecular flexibility index (Phi) is 3.67. The fourth-order valence-corrected chi connectivity index (χ4v) is 2.48. The van der Waals surface area contributed by atoms with Crippen LogP contribution >= 0.6 is 0 Å². The molecule has 2 rings (SSSR count). The second-order valence-electron chi connectivity index (χ2n) is 3.72. The van der Waals surface area contributed by atoms with Crippen molar-refractivity contribution in [1.29, 1.82) is 0 Å². The average Bonchev–Trinajstić information content (AvgIpc) is 2.99. The minimum Gasteiger partial charge on any atom is -0.477 e. The molecule has 0 fully saturated rings. The molecule has 2 aromatic heterocycles. The lowest BCUT2D eigenvalue weighted by molar-refractivity contribution is 0.0691. The third-order valence-electron chi connectivity index (χ3n) is 2.39. The van der Waals surface area contributed by atoms with E-state index in [1.54, 1.807) is 23.1 Å². The summed E-state index contributed by atoms with van der Waals surface area (Å²) >= 11 is 0. The van der Waals surface area contributed by atoms with Crippen molar-refractivity contribution in [1.82, 2.24) is 19.5 Å². The summed E-state index contributed by atoms with van der Waals surface area (Å²) in [5, 5.41) is 12.6. The number of nitrogens with zero attached hydrogens (tertiary/aromatic N) is 2. The predicted octanol–water partition coefficient (Wildman–Crippen LogP) is -0.112. The van der Waals surface area contributed by atoms with Gasteiger partial charge in [-0.3, -0.25) is 4.68 Å². The van der Waals surface area contributed by atoms with Crippen LogP contribution in [-0.2, 0) is 16.6 Å². The summed E-state index contributed by atoms with van der Waals surface area (Å²) in [6.45, 7) is 0.556. The number of carboxylic acids is 1. The fraction of sp³-hybridized carbons (Fsp3) is 0.200. The molecular weight excluding hydrogens is 272 g/mol. The molecule has 0 amide bonds. The van der Waals surface area contributed by atoms with Gasteiger partial charge >= 0.3 is 5.97 Å². The van der Waals surface area contributed by atoms with E-state index in [1.807, 2.05) is 0 Å². The van der Waals surface area contributed by atoms with Crippen molar-refractivity contribution in [2.24, 2.45) is 0 Å². The summed E-state index contributed by atoms with van der Waals surface area (Å²) in [5.41, 5.74) is -0.174. The molecule has 0 aliphatic carbocycles. The summed E-state index contributed by atoms with van der Waals surface area (Å²) in [7, 11) is -3.71. The zero-order chi connectivity index (χ0) is 13.9. The smallest absolute Gasteiger partial charge is 0.352 e. The Morgan fingerprint density at radius 2 is 2.32 bits per heavy atom. The van der Waals surface area contributed by atoms with Gasteiger partial charge in [0.2, 0.25) is 10.0 Å². The zero-order valence-corrected chi connectivity index (χ0v) is 10.6. The van der Waals surface area contributed by atoms with E-state index >= 15 is 0 Å². The molecule has 2 aromatic rings. The topological polar surface area (TPSA) is 117 Å². The molecule has 0 spiro atoms. The Bertz CT molecular complexity index is 660. The molecular formula is C10H12N4O4S. The Morgan fingerprint density at radius 1 is 1.53 bits per heavy atom. The SMILES string of the molecule is O=C(O)c1cc(S(=O)(=O)NCCn2cccn2)c[nH]1. The highest BCUT2D eigenvalue weighted by atomic mass is 32.2. The molecule has 102 valence electrons. The quantitative estimate of drug-likeness (QED) is 0.684. The molecule has 2 heterocycles. The summed E-state index contributed by atoms with van der Waals surface area (Å²) in [6.07, 6.45) is 4.45. The van der Waals surface area contributed by atoms with Gasteiger partial charge in [-0.1, -0.05) is 0 Å². The third kappa shape index (κ3) is 3.20. The number of aromatic nitrogens is 3. The van der Waals surface area contributed by atoms with Crippen molar-refractivity contribution >= 4 is 16.0 Å². The number of rotatable bonds is 6. The van der Waals surface area contributed by atoms with E-state index in [2.05, 4.69) is 14.8 Å². The first kappa shape index (κ1) is 13.3. The van der Waals surface area contributed by atoms with Gasteiger partial charge in [-0.05, 0) is 12.1 Å². The van der Waals surface area contributed by atoms with Gasteiger partial charge in [-0.25, -0.2) is 17.9 Å². The molecule has 0 unspecified atom stereocenters. The van der Waals surface area contributed by atoms with Crippen molar-refractivity contribution in [2.75, 3.05) is 6.54 Å². The first-order valence-electron chi connectivity index (χ1n) is 5.38. The summed E-state index contributed by atoms with van der Waals surface area (Å²) in [6, 6.07) is 2.80. The Labute approximate surface area is 109 Å². The Morgan fingerprint density at radius 3 is 2.89 bits per heavy atom. The summed E-state index contributed by atoms with van der Waals surface area (Å²) < 4.78 is 27.6. The monoisotopic (exact) mass is 284 g/mol. The maximum absolute atomic E-state index is 11.8. The van der Waals surface area contributed by atoms with Crippen LogP contribution in [0, 0.1) is 0 Å². The Balaban J connectivity index is 1.99. The van der Waals surface area contributed by atoms with Gasteiger partial charge in [0.05, 0.1) is 6.54 Å². The van der Waals surface area contributed by atoms with Crippen LogP contribution in [0.5, 0.6) is 0 Å². The molecule has 0 aliphatic rings. The fourth-order valence-electron chi connectivity index (χ4n) is 1.46. The van der Waals surface area contributed by atoms with Crippen molar-refractivity contribution < 1.29 is 18.3 Å². The number of carboxylic acid groups (broad SMARTS) is 1. The predicted molar refractivity (Wildman–Crippen MR) is 65.2 cm³/mol. The number of carbonyl (C=O) groups is 1. The average molecular weight is 284 g/mol. The minimum absolute atomic E-state index is 0.106. The van der Waals surface area contributed by atoms with E-state index in [4.69, 9.17) is 5.11 Å². The van der Waals surface area contributed by atoms with Gasteiger partial charge in [0.15, 0.2) is 0 Å². The molecule has 19 heavy (non-hydrogen) atoms. The largest absolute Gasteiger partial charge is 0.477 e. The molecule has 0 aromatic carbocycles. The van der Waals surface area contributed by atoms with Crippen molar-refractivity contribution in [3.63, 3.8) is 0 Å². The van der Waals surface area contributed by atoms with Crippen LogP contribution in [0.2, 0.25) is 0 Å². The van der Waals surface area contributed by atoms with Crippen LogP contribution in [0.4, 0.5) is 0 Å². The molecule has 9 heteroatoms. The van der Waals surface area contributed by atoms with E-state index in [-0.39, 0.29) is 17.1 Å². The molecule has 0 bridgehead atoms. The molecule has 0 atom stereocenters. The lowest BCUT2D eigenvalue weighted by atomic mass is 10.4. The molecule has 0 radical (unpaired) electrons. The van der Waals surface area contributed by atoms with Gasteiger partial charge < -0.3 is 10.1 Å². The lowest BCUT2D eigenvalue weighted by Crippen LogP contribution is -2.27. The Hall–Kier alpha value is -2.13. The van der Waals surface area contributed by atoms with Gasteiger partial charge in [0.1, 0.15) is 10.6 Å². The second-order valence-corrected chi connectivity index (χ2v) is 5.49.